The van der Waals surface area contributed by atoms with Gasteiger partial charge in [-0.1, -0.05) is 22.9 Å². The van der Waals surface area contributed by atoms with Crippen molar-refractivity contribution in [3.05, 3.63) is 22.2 Å². The van der Waals surface area contributed by atoms with Crippen molar-refractivity contribution in [2.24, 2.45) is 0 Å². The molecule has 0 spiro atoms. The van der Waals surface area contributed by atoms with Crippen molar-refractivity contribution in [2.45, 2.75) is 0 Å². The van der Waals surface area contributed by atoms with Gasteiger partial charge in [-0.25, -0.2) is 0 Å². The quantitative estimate of drug-likeness (QED) is 0.689. The maximum Gasteiger partial charge on any atom is 0.264 e. The first-order valence-electron chi connectivity index (χ1n) is 3.05. The zero-order valence-electron chi connectivity index (χ0n) is 5.64. The fraction of sp³-hybridized carbons (Fsp3) is 0. The topological polar surface area (TPSA) is 30.2 Å². The molecule has 12 heavy (non-hydrogen) atoms. The van der Waals surface area contributed by atoms with Gasteiger partial charge in [0.2, 0.25) is 0 Å². The van der Waals surface area contributed by atoms with Crippen molar-refractivity contribution in [3.63, 3.8) is 0 Å². The minimum absolute atomic E-state index is 0.340. The Morgan fingerprint density at radius 2 is 2.33 bits per heavy atom. The van der Waals surface area contributed by atoms with Crippen LogP contribution in [0.15, 0.2) is 16.7 Å². The Kier molecular flexibility index (Phi) is 1.87. The average molecular weight is 221 g/mol. The molecule has 2 heterocycles. The molecule has 62 valence electrons. The van der Waals surface area contributed by atoms with Crippen LogP contribution in [-0.4, -0.2) is 5.24 Å². The second kappa shape index (κ2) is 2.76. The van der Waals surface area contributed by atoms with Crippen molar-refractivity contribution < 1.29 is 9.21 Å². The Bertz CT molecular complexity index is 443. The minimum atomic E-state index is -0.545. The average Bonchev–Trinajstić information content (AvgIpc) is 2.53. The molecule has 2 aromatic heterocycles. The second-order valence-electron chi connectivity index (χ2n) is 2.14. The highest BCUT2D eigenvalue weighted by Crippen LogP contribution is 2.36. The van der Waals surface area contributed by atoms with E-state index < -0.39 is 5.24 Å². The zero-order valence-corrected chi connectivity index (χ0v) is 7.96. The molecular formula is C7H2Cl2O2S. The predicted molar refractivity (Wildman–Crippen MR) is 49.3 cm³/mol. The second-order valence-corrected chi connectivity index (χ2v) is 3.85. The van der Waals surface area contributed by atoms with Gasteiger partial charge in [0.15, 0.2) is 4.90 Å². The number of rotatable bonds is 1. The molecule has 2 aromatic rings. The van der Waals surface area contributed by atoms with Crippen LogP contribution in [0.2, 0.25) is 5.02 Å². The van der Waals surface area contributed by atoms with Gasteiger partial charge in [-0.05, 0) is 17.7 Å². The van der Waals surface area contributed by atoms with Crippen LogP contribution in [0.1, 0.15) is 9.67 Å². The highest BCUT2D eigenvalue weighted by Gasteiger charge is 2.16. The van der Waals surface area contributed by atoms with Crippen molar-refractivity contribution in [2.75, 3.05) is 0 Å². The molecular weight excluding hydrogens is 219 g/mol. The summed E-state index contributed by atoms with van der Waals surface area (Å²) >= 11 is 12.3. The van der Waals surface area contributed by atoms with E-state index in [-0.39, 0.29) is 0 Å². The van der Waals surface area contributed by atoms with Crippen molar-refractivity contribution in [1.82, 2.24) is 0 Å². The number of hydrogen-bond acceptors (Lipinski definition) is 3. The molecule has 0 aromatic carbocycles. The number of furan rings is 1. The van der Waals surface area contributed by atoms with Crippen LogP contribution >= 0.6 is 34.5 Å². The van der Waals surface area contributed by atoms with Gasteiger partial charge in [0.25, 0.3) is 5.24 Å². The molecule has 2 nitrogen and oxygen atoms in total. The number of carbonyl (C=O) groups is 1. The smallest absolute Gasteiger partial charge is 0.264 e. The lowest BCUT2D eigenvalue weighted by Gasteiger charge is -1.84. The minimum Gasteiger partial charge on any atom is -0.454 e. The van der Waals surface area contributed by atoms with Crippen LogP contribution < -0.4 is 0 Å². The Morgan fingerprint density at radius 1 is 1.58 bits per heavy atom. The number of fused-ring (bicyclic) bond motifs is 1. The summed E-state index contributed by atoms with van der Waals surface area (Å²) in [5.41, 5.74) is 0. The van der Waals surface area contributed by atoms with Gasteiger partial charge in [0.05, 0.1) is 16.7 Å². The normalized spacial score (nSPS) is 10.8. The molecule has 0 aliphatic carbocycles. The van der Waals surface area contributed by atoms with E-state index in [1.54, 1.807) is 6.07 Å². The predicted octanol–water partition coefficient (Wildman–Crippen LogP) is 3.53. The zero-order chi connectivity index (χ0) is 8.72. The molecule has 2 rings (SSSR count). The molecule has 0 fully saturated rings. The number of halogens is 2. The fourth-order valence-corrected chi connectivity index (χ4v) is 2.44. The highest BCUT2D eigenvalue weighted by atomic mass is 35.5. The van der Waals surface area contributed by atoms with E-state index in [2.05, 4.69) is 0 Å². The maximum atomic E-state index is 10.8. The van der Waals surface area contributed by atoms with Crippen molar-refractivity contribution >= 4 is 50.1 Å². The summed E-state index contributed by atoms with van der Waals surface area (Å²) in [6.45, 7) is 0. The summed E-state index contributed by atoms with van der Waals surface area (Å²) in [7, 11) is 0. The molecule has 0 aliphatic heterocycles. The summed E-state index contributed by atoms with van der Waals surface area (Å²) in [6, 6.07) is 1.71. The fourth-order valence-electron chi connectivity index (χ4n) is 0.923. The third kappa shape index (κ3) is 1.05. The van der Waals surface area contributed by atoms with E-state index >= 15 is 0 Å². The monoisotopic (exact) mass is 220 g/mol. The largest absolute Gasteiger partial charge is 0.454 e. The number of hydrogen-bond donors (Lipinski definition) is 0. The molecule has 0 N–H and O–H groups in total. The van der Waals surface area contributed by atoms with Crippen LogP contribution in [0, 0.1) is 0 Å². The lowest BCUT2D eigenvalue weighted by Crippen LogP contribution is -1.81. The summed E-state index contributed by atoms with van der Waals surface area (Å²) in [6.07, 6.45) is 1.52. The molecule has 0 bridgehead atoms. The molecule has 0 aliphatic rings. The van der Waals surface area contributed by atoms with E-state index in [9.17, 15) is 4.79 Å². The first kappa shape index (κ1) is 8.10. The van der Waals surface area contributed by atoms with E-state index in [1.165, 1.54) is 6.26 Å². The third-order valence-corrected chi connectivity index (χ3v) is 3.34. The van der Waals surface area contributed by atoms with Crippen LogP contribution in [-0.2, 0) is 0 Å². The van der Waals surface area contributed by atoms with Gasteiger partial charge in [0, 0.05) is 0 Å². The van der Waals surface area contributed by atoms with Crippen molar-refractivity contribution in [3.8, 4) is 0 Å². The first-order valence-corrected chi connectivity index (χ1v) is 4.62. The molecule has 0 saturated heterocycles. The maximum absolute atomic E-state index is 10.8. The van der Waals surface area contributed by atoms with Gasteiger partial charge < -0.3 is 4.42 Å². The lowest BCUT2D eigenvalue weighted by atomic mass is 10.4. The molecule has 5 heteroatoms. The molecule has 0 saturated carbocycles. The van der Waals surface area contributed by atoms with Gasteiger partial charge >= 0.3 is 0 Å². The number of carbonyl (C=O) groups excluding carboxylic acids is 1. The van der Waals surface area contributed by atoms with Crippen LogP contribution in [0.3, 0.4) is 0 Å². The molecule has 0 unspecified atom stereocenters. The van der Waals surface area contributed by atoms with Crippen LogP contribution in [0.25, 0.3) is 10.3 Å². The first-order chi connectivity index (χ1) is 5.70. The van der Waals surface area contributed by atoms with Gasteiger partial charge in [0.1, 0.15) is 4.88 Å². The van der Waals surface area contributed by atoms with E-state index in [4.69, 9.17) is 27.6 Å². The Labute approximate surface area is 81.7 Å². The van der Waals surface area contributed by atoms with E-state index in [0.717, 1.165) is 16.7 Å². The summed E-state index contributed by atoms with van der Waals surface area (Å²) in [5.74, 6) is 0. The Hall–Kier alpha value is -0.510. The summed E-state index contributed by atoms with van der Waals surface area (Å²) < 4.78 is 5.05. The highest BCUT2D eigenvalue weighted by molar-refractivity contribution is 7.22. The summed E-state index contributed by atoms with van der Waals surface area (Å²) in [4.78, 5) is 11.8. The van der Waals surface area contributed by atoms with Gasteiger partial charge in [-0.2, -0.15) is 0 Å². The molecule has 0 radical (unpaired) electrons. The van der Waals surface area contributed by atoms with Crippen LogP contribution in [0.4, 0.5) is 0 Å². The molecule has 0 amide bonds. The Balaban J connectivity index is 2.78. The van der Waals surface area contributed by atoms with E-state index in [1.807, 2.05) is 0 Å². The van der Waals surface area contributed by atoms with E-state index in [0.29, 0.717) is 14.8 Å². The number of thiophene rings is 1. The van der Waals surface area contributed by atoms with Gasteiger partial charge in [-0.15, -0.1) is 0 Å². The van der Waals surface area contributed by atoms with Crippen LogP contribution in [0.5, 0.6) is 0 Å². The van der Waals surface area contributed by atoms with Crippen molar-refractivity contribution in [1.29, 1.82) is 0 Å². The Morgan fingerprint density at radius 3 is 2.92 bits per heavy atom. The molecule has 0 atom stereocenters. The van der Waals surface area contributed by atoms with Gasteiger partial charge in [-0.3, -0.25) is 4.79 Å². The SMILES string of the molecule is O=C(Cl)c1sc2occc2c1Cl. The lowest BCUT2D eigenvalue weighted by molar-refractivity contribution is 0.108. The summed E-state index contributed by atoms with van der Waals surface area (Å²) in [5, 5.41) is 0.575. The standard InChI is InChI=1S/C7H2Cl2O2S/c8-4-3-1-2-11-7(3)12-5(4)6(9)10/h1-2H. The third-order valence-electron chi connectivity index (χ3n) is 1.44.